The van der Waals surface area contributed by atoms with Gasteiger partial charge in [0.25, 0.3) is 0 Å². The van der Waals surface area contributed by atoms with Crippen LogP contribution in [0.15, 0.2) is 30.5 Å². The number of benzene rings is 1. The predicted octanol–water partition coefficient (Wildman–Crippen LogP) is 4.42. The smallest absolute Gasteiger partial charge is 0.416 e. The van der Waals surface area contributed by atoms with Crippen LogP contribution in [-0.2, 0) is 10.9 Å². The molecule has 3 N–H and O–H groups in total. The van der Waals surface area contributed by atoms with Crippen LogP contribution in [0.4, 0.5) is 30.5 Å². The van der Waals surface area contributed by atoms with Gasteiger partial charge in [0.15, 0.2) is 0 Å². The molecule has 0 bridgehead atoms. The molecule has 0 aliphatic carbocycles. The highest BCUT2D eigenvalue weighted by Crippen LogP contribution is 2.34. The number of halogens is 3. The topological polar surface area (TPSA) is 98.4 Å². The standard InChI is InChI=1S/C23H27F3N6O2/c1-14(15-9-16(23(24,25)26)11-17(27)10-15)29-21-18-12-20(32-5-3-4-6-32)28-13-19(18)30-22(31-21)34-8-7-33-2/h9-14H,3-8,27H2,1-2H3,(H,29,30,31)/t14-/m1/s1. The average molecular weight is 477 g/mol. The van der Waals surface area contributed by atoms with Crippen molar-refractivity contribution in [2.75, 3.05) is 49.4 Å². The number of alkyl halides is 3. The van der Waals surface area contributed by atoms with Crippen molar-refractivity contribution in [2.24, 2.45) is 0 Å². The van der Waals surface area contributed by atoms with Crippen LogP contribution in [-0.4, -0.2) is 48.4 Å². The van der Waals surface area contributed by atoms with Gasteiger partial charge in [-0.3, -0.25) is 0 Å². The zero-order chi connectivity index (χ0) is 24.3. The van der Waals surface area contributed by atoms with Crippen LogP contribution in [0.25, 0.3) is 10.9 Å². The SMILES string of the molecule is COCCOc1nc(N[C@H](C)c2cc(N)cc(C(F)(F)F)c2)c2cc(N3CCCC3)ncc2n1. The second kappa shape index (κ2) is 9.88. The highest BCUT2D eigenvalue weighted by molar-refractivity contribution is 5.91. The second-order valence-electron chi connectivity index (χ2n) is 8.20. The molecule has 0 spiro atoms. The Hall–Kier alpha value is -3.34. The summed E-state index contributed by atoms with van der Waals surface area (Å²) in [5, 5.41) is 3.92. The predicted molar refractivity (Wildman–Crippen MR) is 124 cm³/mol. The Morgan fingerprint density at radius 1 is 1.12 bits per heavy atom. The lowest BCUT2D eigenvalue weighted by Crippen LogP contribution is -2.19. The maximum Gasteiger partial charge on any atom is 0.416 e. The van der Waals surface area contributed by atoms with Gasteiger partial charge in [-0.25, -0.2) is 4.98 Å². The van der Waals surface area contributed by atoms with Gasteiger partial charge in [-0.2, -0.15) is 23.1 Å². The van der Waals surface area contributed by atoms with Gasteiger partial charge in [0.05, 0.1) is 29.9 Å². The van der Waals surface area contributed by atoms with Gasteiger partial charge >= 0.3 is 12.2 Å². The molecule has 1 aromatic carbocycles. The first-order valence-electron chi connectivity index (χ1n) is 11.0. The molecule has 2 aromatic heterocycles. The zero-order valence-corrected chi connectivity index (χ0v) is 19.0. The number of nitrogens with zero attached hydrogens (tertiary/aromatic N) is 4. The van der Waals surface area contributed by atoms with Crippen molar-refractivity contribution in [3.63, 3.8) is 0 Å². The fraction of sp³-hybridized carbons (Fsp3) is 0.435. The minimum absolute atomic E-state index is 0.0372. The van der Waals surface area contributed by atoms with E-state index in [-0.39, 0.29) is 18.3 Å². The van der Waals surface area contributed by atoms with E-state index in [0.29, 0.717) is 28.9 Å². The Balaban J connectivity index is 1.71. The maximum absolute atomic E-state index is 13.3. The molecule has 8 nitrogen and oxygen atoms in total. The number of hydrogen-bond donors (Lipinski definition) is 2. The van der Waals surface area contributed by atoms with Crippen molar-refractivity contribution < 1.29 is 22.6 Å². The van der Waals surface area contributed by atoms with Crippen LogP contribution in [0.2, 0.25) is 0 Å². The molecule has 182 valence electrons. The Labute approximate surface area is 195 Å². The summed E-state index contributed by atoms with van der Waals surface area (Å²) in [7, 11) is 1.56. The summed E-state index contributed by atoms with van der Waals surface area (Å²) in [6.45, 7) is 4.19. The van der Waals surface area contributed by atoms with Crippen molar-refractivity contribution in [1.29, 1.82) is 0 Å². The van der Waals surface area contributed by atoms with Crippen LogP contribution >= 0.6 is 0 Å². The highest BCUT2D eigenvalue weighted by Gasteiger charge is 2.31. The van der Waals surface area contributed by atoms with E-state index in [4.69, 9.17) is 15.2 Å². The van der Waals surface area contributed by atoms with Gasteiger partial charge in [0.1, 0.15) is 18.2 Å². The Bertz CT molecular complexity index is 1150. The number of aromatic nitrogens is 3. The molecule has 4 rings (SSSR count). The fourth-order valence-electron chi connectivity index (χ4n) is 3.89. The van der Waals surface area contributed by atoms with Crippen molar-refractivity contribution in [3.05, 3.63) is 41.6 Å². The summed E-state index contributed by atoms with van der Waals surface area (Å²) in [6, 6.07) is 5.02. The van der Waals surface area contributed by atoms with E-state index < -0.39 is 17.8 Å². The van der Waals surface area contributed by atoms with E-state index in [1.807, 2.05) is 6.07 Å². The van der Waals surface area contributed by atoms with E-state index in [2.05, 4.69) is 25.2 Å². The molecular formula is C23H27F3N6O2. The number of ether oxygens (including phenoxy) is 2. The molecule has 11 heteroatoms. The van der Waals surface area contributed by atoms with Gasteiger partial charge in [0, 0.05) is 31.3 Å². The van der Waals surface area contributed by atoms with Gasteiger partial charge in [-0.15, -0.1) is 0 Å². The van der Waals surface area contributed by atoms with Crippen molar-refractivity contribution in [3.8, 4) is 6.01 Å². The summed E-state index contributed by atoms with van der Waals surface area (Å²) in [6.07, 6.45) is -0.640. The highest BCUT2D eigenvalue weighted by atomic mass is 19.4. The molecule has 1 saturated heterocycles. The minimum atomic E-state index is -4.50. The number of fused-ring (bicyclic) bond motifs is 1. The largest absolute Gasteiger partial charge is 0.461 e. The van der Waals surface area contributed by atoms with E-state index in [9.17, 15) is 13.2 Å². The number of anilines is 3. The first-order chi connectivity index (χ1) is 16.2. The first-order valence-corrected chi connectivity index (χ1v) is 11.0. The van der Waals surface area contributed by atoms with Crippen LogP contribution in [0, 0.1) is 0 Å². The Morgan fingerprint density at radius 3 is 2.59 bits per heavy atom. The molecule has 1 atom stereocenters. The molecular weight excluding hydrogens is 449 g/mol. The lowest BCUT2D eigenvalue weighted by molar-refractivity contribution is -0.137. The molecule has 3 aromatic rings. The number of rotatable bonds is 8. The summed E-state index contributed by atoms with van der Waals surface area (Å²) in [5.41, 5.74) is 5.94. The quantitative estimate of drug-likeness (QED) is 0.364. The fourth-order valence-corrected chi connectivity index (χ4v) is 3.89. The number of nitrogens with two attached hydrogens (primary N) is 1. The number of methoxy groups -OCH3 is 1. The molecule has 1 aliphatic rings. The molecule has 3 heterocycles. The summed E-state index contributed by atoms with van der Waals surface area (Å²) >= 11 is 0. The third kappa shape index (κ3) is 5.41. The summed E-state index contributed by atoms with van der Waals surface area (Å²) < 4.78 is 50.5. The normalized spacial score (nSPS) is 15.0. The first kappa shape index (κ1) is 23.8. The second-order valence-corrected chi connectivity index (χ2v) is 8.20. The molecule has 0 saturated carbocycles. The number of nitrogens with one attached hydrogen (secondary N) is 1. The van der Waals surface area contributed by atoms with Crippen molar-refractivity contribution >= 4 is 28.2 Å². The number of pyridine rings is 1. The van der Waals surface area contributed by atoms with Crippen LogP contribution in [0.1, 0.15) is 36.9 Å². The summed E-state index contributed by atoms with van der Waals surface area (Å²) in [5.74, 6) is 1.24. The average Bonchev–Trinajstić information content (AvgIpc) is 3.33. The van der Waals surface area contributed by atoms with Crippen LogP contribution in [0.5, 0.6) is 6.01 Å². The maximum atomic E-state index is 13.3. The summed E-state index contributed by atoms with van der Waals surface area (Å²) in [4.78, 5) is 15.7. The molecule has 1 fully saturated rings. The van der Waals surface area contributed by atoms with Gasteiger partial charge < -0.3 is 25.4 Å². The van der Waals surface area contributed by atoms with Gasteiger partial charge in [0.2, 0.25) is 0 Å². The number of nitrogen functional groups attached to an aromatic ring is 1. The lowest BCUT2D eigenvalue weighted by atomic mass is 10.0. The van der Waals surface area contributed by atoms with Crippen LogP contribution < -0.4 is 20.7 Å². The van der Waals surface area contributed by atoms with E-state index in [1.54, 1.807) is 20.2 Å². The van der Waals surface area contributed by atoms with Gasteiger partial charge in [-0.1, -0.05) is 0 Å². The third-order valence-electron chi connectivity index (χ3n) is 5.65. The molecule has 0 unspecified atom stereocenters. The lowest BCUT2D eigenvalue weighted by Gasteiger charge is -2.20. The van der Waals surface area contributed by atoms with Crippen molar-refractivity contribution in [1.82, 2.24) is 15.0 Å². The Kier molecular flexibility index (Phi) is 6.92. The Morgan fingerprint density at radius 2 is 1.88 bits per heavy atom. The van der Waals surface area contributed by atoms with Crippen molar-refractivity contribution in [2.45, 2.75) is 32.0 Å². The molecule has 1 aliphatic heterocycles. The molecule has 0 radical (unpaired) electrons. The van der Waals surface area contributed by atoms with E-state index >= 15 is 0 Å². The molecule has 0 amide bonds. The van der Waals surface area contributed by atoms with Crippen LogP contribution in [0.3, 0.4) is 0 Å². The third-order valence-corrected chi connectivity index (χ3v) is 5.65. The van der Waals surface area contributed by atoms with E-state index in [0.717, 1.165) is 43.9 Å². The minimum Gasteiger partial charge on any atom is -0.461 e. The van der Waals surface area contributed by atoms with Gasteiger partial charge in [-0.05, 0) is 49.6 Å². The zero-order valence-electron chi connectivity index (χ0n) is 19.0. The number of hydrogen-bond acceptors (Lipinski definition) is 8. The monoisotopic (exact) mass is 476 g/mol. The molecule has 34 heavy (non-hydrogen) atoms. The van der Waals surface area contributed by atoms with E-state index in [1.165, 1.54) is 6.07 Å².